The standard InChI is InChI=1S/C10H17N3/c1-6(2)9-8(5)11-13-12-10(9)7(3)4/h6-7H,1-5H3. The lowest BCUT2D eigenvalue weighted by atomic mass is 9.95. The van der Waals surface area contributed by atoms with Crippen molar-refractivity contribution in [2.45, 2.75) is 46.5 Å². The summed E-state index contributed by atoms with van der Waals surface area (Å²) in [7, 11) is 0. The predicted molar refractivity (Wildman–Crippen MR) is 52.7 cm³/mol. The molecule has 3 nitrogen and oxygen atoms in total. The molecule has 0 fully saturated rings. The number of aryl methyl sites for hydroxylation is 1. The summed E-state index contributed by atoms with van der Waals surface area (Å²) >= 11 is 0. The Hall–Kier alpha value is -0.990. The number of hydrogen-bond acceptors (Lipinski definition) is 3. The van der Waals surface area contributed by atoms with Crippen LogP contribution in [-0.4, -0.2) is 15.4 Å². The van der Waals surface area contributed by atoms with Gasteiger partial charge in [0.05, 0.1) is 11.4 Å². The van der Waals surface area contributed by atoms with Gasteiger partial charge in [-0.25, -0.2) is 0 Å². The van der Waals surface area contributed by atoms with Crippen molar-refractivity contribution in [2.75, 3.05) is 0 Å². The minimum atomic E-state index is 0.423. The van der Waals surface area contributed by atoms with Crippen molar-refractivity contribution in [2.24, 2.45) is 0 Å². The van der Waals surface area contributed by atoms with E-state index in [-0.39, 0.29) is 0 Å². The van der Waals surface area contributed by atoms with Crippen molar-refractivity contribution in [3.63, 3.8) is 0 Å². The number of hydrogen-bond donors (Lipinski definition) is 0. The highest BCUT2D eigenvalue weighted by atomic mass is 15.3. The van der Waals surface area contributed by atoms with Crippen LogP contribution in [0.15, 0.2) is 0 Å². The van der Waals surface area contributed by atoms with Crippen molar-refractivity contribution >= 4 is 0 Å². The van der Waals surface area contributed by atoms with Crippen molar-refractivity contribution in [3.8, 4) is 0 Å². The molecule has 0 aromatic carbocycles. The Morgan fingerprint density at radius 3 is 1.92 bits per heavy atom. The first-order chi connectivity index (χ1) is 6.04. The van der Waals surface area contributed by atoms with Crippen LogP contribution in [0.25, 0.3) is 0 Å². The molecule has 3 heteroatoms. The van der Waals surface area contributed by atoms with Crippen LogP contribution in [0, 0.1) is 6.92 Å². The summed E-state index contributed by atoms with van der Waals surface area (Å²) in [6.45, 7) is 10.6. The summed E-state index contributed by atoms with van der Waals surface area (Å²) in [6.07, 6.45) is 0. The largest absolute Gasteiger partial charge is 0.135 e. The smallest absolute Gasteiger partial charge is 0.0727 e. The molecule has 0 N–H and O–H groups in total. The van der Waals surface area contributed by atoms with Crippen LogP contribution >= 0.6 is 0 Å². The lowest BCUT2D eigenvalue weighted by Gasteiger charge is -2.14. The summed E-state index contributed by atoms with van der Waals surface area (Å²) in [5, 5.41) is 11.8. The molecule has 0 aliphatic heterocycles. The van der Waals surface area contributed by atoms with Gasteiger partial charge in [-0.2, -0.15) is 0 Å². The maximum Gasteiger partial charge on any atom is 0.0727 e. The van der Waals surface area contributed by atoms with Gasteiger partial charge >= 0.3 is 0 Å². The minimum Gasteiger partial charge on any atom is -0.135 e. The Morgan fingerprint density at radius 1 is 0.923 bits per heavy atom. The van der Waals surface area contributed by atoms with E-state index in [4.69, 9.17) is 0 Å². The molecule has 0 aliphatic rings. The Balaban J connectivity index is 3.26. The fraction of sp³-hybridized carbons (Fsp3) is 0.700. The molecule has 1 aromatic rings. The van der Waals surface area contributed by atoms with Gasteiger partial charge in [0.1, 0.15) is 0 Å². The van der Waals surface area contributed by atoms with Crippen LogP contribution in [-0.2, 0) is 0 Å². The molecule has 0 saturated carbocycles. The molecule has 13 heavy (non-hydrogen) atoms. The molecule has 0 amide bonds. The molecule has 0 atom stereocenters. The molecule has 1 rings (SSSR count). The van der Waals surface area contributed by atoms with Gasteiger partial charge in [0.2, 0.25) is 0 Å². The van der Waals surface area contributed by atoms with Crippen LogP contribution in [0.5, 0.6) is 0 Å². The fourth-order valence-electron chi connectivity index (χ4n) is 1.57. The Kier molecular flexibility index (Phi) is 2.96. The normalized spacial score (nSPS) is 11.3. The van der Waals surface area contributed by atoms with Crippen LogP contribution in [0.4, 0.5) is 0 Å². The van der Waals surface area contributed by atoms with E-state index in [1.807, 2.05) is 6.92 Å². The molecule has 0 saturated heterocycles. The van der Waals surface area contributed by atoms with Crippen LogP contribution in [0.1, 0.15) is 56.5 Å². The fourth-order valence-corrected chi connectivity index (χ4v) is 1.57. The monoisotopic (exact) mass is 179 g/mol. The van der Waals surface area contributed by atoms with E-state index in [1.54, 1.807) is 0 Å². The van der Waals surface area contributed by atoms with Gasteiger partial charge in [0.15, 0.2) is 0 Å². The first-order valence-corrected chi connectivity index (χ1v) is 4.73. The van der Waals surface area contributed by atoms with Crippen molar-refractivity contribution in [1.29, 1.82) is 0 Å². The van der Waals surface area contributed by atoms with E-state index in [1.165, 1.54) is 5.56 Å². The van der Waals surface area contributed by atoms with Crippen LogP contribution < -0.4 is 0 Å². The third-order valence-electron chi connectivity index (χ3n) is 2.14. The van der Waals surface area contributed by atoms with E-state index < -0.39 is 0 Å². The zero-order valence-corrected chi connectivity index (χ0v) is 9.00. The highest BCUT2D eigenvalue weighted by Crippen LogP contribution is 2.24. The van der Waals surface area contributed by atoms with Crippen LogP contribution in [0.2, 0.25) is 0 Å². The highest BCUT2D eigenvalue weighted by molar-refractivity contribution is 5.27. The van der Waals surface area contributed by atoms with Gasteiger partial charge in [-0.1, -0.05) is 27.7 Å². The maximum absolute atomic E-state index is 4.10. The second kappa shape index (κ2) is 3.81. The number of nitrogens with zero attached hydrogens (tertiary/aromatic N) is 3. The van der Waals surface area contributed by atoms with Gasteiger partial charge in [-0.3, -0.25) is 0 Å². The van der Waals surface area contributed by atoms with E-state index in [2.05, 4.69) is 43.1 Å². The maximum atomic E-state index is 4.10. The van der Waals surface area contributed by atoms with Crippen molar-refractivity contribution in [3.05, 3.63) is 17.0 Å². The van der Waals surface area contributed by atoms with E-state index in [9.17, 15) is 0 Å². The third kappa shape index (κ3) is 2.02. The van der Waals surface area contributed by atoms with E-state index in [0.717, 1.165) is 11.4 Å². The zero-order valence-electron chi connectivity index (χ0n) is 9.00. The summed E-state index contributed by atoms with van der Waals surface area (Å²) in [5.41, 5.74) is 3.35. The van der Waals surface area contributed by atoms with Gasteiger partial charge in [0.25, 0.3) is 0 Å². The molecule has 1 aromatic heterocycles. The molecule has 1 heterocycles. The Bertz CT molecular complexity index is 292. The van der Waals surface area contributed by atoms with Gasteiger partial charge in [0, 0.05) is 5.56 Å². The van der Waals surface area contributed by atoms with Gasteiger partial charge < -0.3 is 0 Å². The molecule has 0 spiro atoms. The highest BCUT2D eigenvalue weighted by Gasteiger charge is 2.15. The van der Waals surface area contributed by atoms with Crippen molar-refractivity contribution in [1.82, 2.24) is 15.4 Å². The van der Waals surface area contributed by atoms with Gasteiger partial charge in [-0.15, -0.1) is 10.2 Å². The Morgan fingerprint density at radius 2 is 1.54 bits per heavy atom. The molecular formula is C10H17N3. The van der Waals surface area contributed by atoms with Crippen LogP contribution in [0.3, 0.4) is 0 Å². The summed E-state index contributed by atoms with van der Waals surface area (Å²) in [6, 6.07) is 0. The average molecular weight is 179 g/mol. The van der Waals surface area contributed by atoms with E-state index >= 15 is 0 Å². The quantitative estimate of drug-likeness (QED) is 0.699. The number of aromatic nitrogens is 3. The van der Waals surface area contributed by atoms with Gasteiger partial charge in [-0.05, 0) is 24.0 Å². The lowest BCUT2D eigenvalue weighted by molar-refractivity contribution is 0.678. The second-order valence-corrected chi connectivity index (χ2v) is 3.98. The second-order valence-electron chi connectivity index (χ2n) is 3.98. The molecule has 0 bridgehead atoms. The molecule has 0 radical (unpaired) electrons. The van der Waals surface area contributed by atoms with Crippen molar-refractivity contribution < 1.29 is 0 Å². The Labute approximate surface area is 79.6 Å². The topological polar surface area (TPSA) is 38.7 Å². The SMILES string of the molecule is Cc1nnnc(C(C)C)c1C(C)C. The average Bonchev–Trinajstić information content (AvgIpc) is 2.02. The molecule has 0 unspecified atom stereocenters. The molecular weight excluding hydrogens is 162 g/mol. The minimum absolute atomic E-state index is 0.423. The first kappa shape index (κ1) is 10.1. The predicted octanol–water partition coefficient (Wildman–Crippen LogP) is 2.43. The summed E-state index contributed by atoms with van der Waals surface area (Å²) in [5.74, 6) is 0.895. The summed E-state index contributed by atoms with van der Waals surface area (Å²) in [4.78, 5) is 0. The third-order valence-corrected chi connectivity index (χ3v) is 2.14. The zero-order chi connectivity index (χ0) is 10.0. The molecule has 72 valence electrons. The summed E-state index contributed by atoms with van der Waals surface area (Å²) < 4.78 is 0. The number of rotatable bonds is 2. The lowest BCUT2D eigenvalue weighted by Crippen LogP contribution is -2.08. The first-order valence-electron chi connectivity index (χ1n) is 4.73. The van der Waals surface area contributed by atoms with E-state index in [0.29, 0.717) is 11.8 Å². The molecule has 0 aliphatic carbocycles.